The van der Waals surface area contributed by atoms with Crippen LogP contribution in [0.15, 0.2) is 309 Å². The van der Waals surface area contributed by atoms with Gasteiger partial charge >= 0.3 is 0 Å². The van der Waals surface area contributed by atoms with Gasteiger partial charge < -0.3 is 22.8 Å². The first-order valence-corrected chi connectivity index (χ1v) is 30.9. The van der Waals surface area contributed by atoms with Gasteiger partial charge in [-0.2, -0.15) is 0 Å². The highest BCUT2D eigenvalue weighted by atomic mass is 15.1. The predicted octanol–water partition coefficient (Wildman–Crippen LogP) is 21.3. The van der Waals surface area contributed by atoms with Crippen LogP contribution in [0.4, 0.5) is 0 Å². The lowest BCUT2D eigenvalue weighted by Gasteiger charge is -2.16. The van der Waals surface area contributed by atoms with Crippen molar-refractivity contribution in [2.75, 3.05) is 0 Å². The molecule has 7 nitrogen and oxygen atoms in total. The van der Waals surface area contributed by atoms with E-state index in [4.69, 9.17) is 4.98 Å². The Morgan fingerprint density at radius 1 is 0.178 bits per heavy atom. The Bertz CT molecular complexity index is 6140. The number of rotatable bonds is 7. The molecule has 7 heteroatoms. The Morgan fingerprint density at radius 3 is 0.744 bits per heavy atom. The second kappa shape index (κ2) is 18.7. The Morgan fingerprint density at radius 2 is 0.433 bits per heavy atom. The van der Waals surface area contributed by atoms with Crippen LogP contribution in [0.3, 0.4) is 0 Å². The molecule has 0 aliphatic rings. The molecule has 20 rings (SSSR count). The molecule has 0 N–H and O–H groups in total. The van der Waals surface area contributed by atoms with Crippen LogP contribution >= 0.6 is 0 Å². The summed E-state index contributed by atoms with van der Waals surface area (Å²) in [6, 6.07) is 113. The number of para-hydroxylation sites is 9. The van der Waals surface area contributed by atoms with E-state index >= 15 is 0 Å². The van der Waals surface area contributed by atoms with Crippen LogP contribution in [-0.2, 0) is 0 Å². The maximum atomic E-state index is 5.82. The average Bonchev–Trinajstić information content (AvgIpc) is 1.58. The second-order valence-electron chi connectivity index (χ2n) is 23.8. The first-order valence-electron chi connectivity index (χ1n) is 30.9. The molecule has 7 heterocycles. The second-order valence-corrected chi connectivity index (χ2v) is 23.8. The van der Waals surface area contributed by atoms with Gasteiger partial charge in [0, 0.05) is 98.6 Å². The summed E-state index contributed by atoms with van der Waals surface area (Å²) in [5, 5.41) is 14.6. The summed E-state index contributed by atoms with van der Waals surface area (Å²) >= 11 is 0. The highest BCUT2D eigenvalue weighted by Gasteiger charge is 2.26. The molecule has 0 aliphatic heterocycles. The molecule has 0 saturated heterocycles. The van der Waals surface area contributed by atoms with E-state index in [1.807, 2.05) is 0 Å². The van der Waals surface area contributed by atoms with Gasteiger partial charge in [-0.25, -0.2) is 4.98 Å². The van der Waals surface area contributed by atoms with Crippen LogP contribution in [0.2, 0.25) is 0 Å². The standard InChI is InChI=1S/C83H51N7/c1-4-23-53(24-5-1)85-65-36-16-10-29-58(65)78-71(85)43-45-74-81(78)61-32-13-19-39-68(61)88(74)56-49-52(50-57(51-56)89-69-40-20-14-33-62(69)82-75(89)46-44-72-79(82)59-30-11-17-37-66(59)86(72)54-25-6-2-7-26-54)64-35-22-42-77(84-64)90-70-41-21-15-34-63(70)83-76(90)48-47-73-80(83)60-31-12-18-38-67(60)87(73)55-27-8-3-9-28-55/h1-51H. The molecule has 0 bridgehead atoms. The molecule has 0 fully saturated rings. The molecule has 0 amide bonds. The van der Waals surface area contributed by atoms with E-state index in [0.29, 0.717) is 0 Å². The fourth-order valence-corrected chi connectivity index (χ4v) is 15.6. The SMILES string of the molecule is c1ccc(-n2c3ccccc3c3c4c5ccccc5n(-c5cc(-c6cccc(-n7c8ccccc8c8c9c%10ccccc%10n(-c%10ccccc%10)c9ccc87)n6)cc(-n6c7ccccc7c7c8c9ccccc9n(-c9ccccc9)c8ccc76)c5)c4ccc32)cc1. The molecular weight excluding hydrogens is 1090 g/mol. The lowest BCUT2D eigenvalue weighted by atomic mass is 10.1. The highest BCUT2D eigenvalue weighted by molar-refractivity contribution is 6.32. The van der Waals surface area contributed by atoms with Crippen molar-refractivity contribution in [3.8, 4) is 45.5 Å². The summed E-state index contributed by atoms with van der Waals surface area (Å²) in [5.41, 5.74) is 21.1. The zero-order valence-corrected chi connectivity index (χ0v) is 48.6. The van der Waals surface area contributed by atoms with Crippen LogP contribution in [0.1, 0.15) is 0 Å². The van der Waals surface area contributed by atoms with E-state index in [0.717, 1.165) is 78.6 Å². The number of nitrogens with zero attached hydrogens (tertiary/aromatic N) is 7. The number of aromatic nitrogens is 7. The van der Waals surface area contributed by atoms with Gasteiger partial charge in [-0.3, -0.25) is 4.57 Å². The Kier molecular flexibility index (Phi) is 10.2. The van der Waals surface area contributed by atoms with Crippen LogP contribution in [0, 0.1) is 0 Å². The van der Waals surface area contributed by atoms with Gasteiger partial charge in [0.15, 0.2) is 0 Å². The van der Waals surface area contributed by atoms with Crippen molar-refractivity contribution in [1.82, 2.24) is 32.4 Å². The predicted molar refractivity (Wildman–Crippen MR) is 376 cm³/mol. The lowest BCUT2D eigenvalue weighted by Crippen LogP contribution is -2.02. The quantitative estimate of drug-likeness (QED) is 0.157. The van der Waals surface area contributed by atoms with Crippen LogP contribution in [-0.4, -0.2) is 32.4 Å². The van der Waals surface area contributed by atoms with Gasteiger partial charge in [-0.15, -0.1) is 0 Å². The third kappa shape index (κ3) is 6.74. The fourth-order valence-electron chi connectivity index (χ4n) is 15.6. The minimum Gasteiger partial charge on any atom is -0.309 e. The van der Waals surface area contributed by atoms with Gasteiger partial charge in [-0.1, -0.05) is 170 Å². The zero-order chi connectivity index (χ0) is 58.7. The molecular formula is C83H51N7. The molecule has 7 aromatic heterocycles. The minimum absolute atomic E-state index is 0.847. The minimum atomic E-state index is 0.847. The number of pyridine rings is 1. The third-order valence-corrected chi connectivity index (χ3v) is 19.1. The number of fused-ring (bicyclic) bond motifs is 21. The lowest BCUT2D eigenvalue weighted by molar-refractivity contribution is 1.08. The summed E-state index contributed by atoms with van der Waals surface area (Å²) in [6.07, 6.45) is 0. The maximum Gasteiger partial charge on any atom is 0.138 e. The van der Waals surface area contributed by atoms with Crippen LogP contribution in [0.5, 0.6) is 0 Å². The molecule has 20 aromatic rings. The van der Waals surface area contributed by atoms with Gasteiger partial charge in [0.25, 0.3) is 0 Å². The smallest absolute Gasteiger partial charge is 0.138 e. The van der Waals surface area contributed by atoms with Gasteiger partial charge in [0.05, 0.1) is 71.9 Å². The summed E-state index contributed by atoms with van der Waals surface area (Å²) in [5.74, 6) is 0.847. The normalized spacial score (nSPS) is 12.2. The molecule has 0 unspecified atom stereocenters. The third-order valence-electron chi connectivity index (χ3n) is 19.1. The summed E-state index contributed by atoms with van der Waals surface area (Å²) in [7, 11) is 0. The van der Waals surface area contributed by atoms with E-state index in [2.05, 4.69) is 337 Å². The van der Waals surface area contributed by atoms with Crippen molar-refractivity contribution < 1.29 is 0 Å². The van der Waals surface area contributed by atoms with E-state index in [1.165, 1.54) is 97.7 Å². The van der Waals surface area contributed by atoms with Crippen molar-refractivity contribution >= 4 is 131 Å². The molecule has 418 valence electrons. The van der Waals surface area contributed by atoms with Crippen molar-refractivity contribution in [3.05, 3.63) is 309 Å². The zero-order valence-electron chi connectivity index (χ0n) is 48.6. The van der Waals surface area contributed by atoms with Crippen molar-refractivity contribution in [2.45, 2.75) is 0 Å². The molecule has 0 radical (unpaired) electrons. The Hall–Kier alpha value is -12.2. The molecule has 0 saturated carbocycles. The van der Waals surface area contributed by atoms with E-state index in [9.17, 15) is 0 Å². The molecule has 13 aromatic carbocycles. The Balaban J connectivity index is 0.871. The fraction of sp³-hybridized carbons (Fsp3) is 0. The first-order chi connectivity index (χ1) is 44.7. The van der Waals surface area contributed by atoms with Crippen molar-refractivity contribution in [3.63, 3.8) is 0 Å². The molecule has 0 atom stereocenters. The summed E-state index contributed by atoms with van der Waals surface area (Å²) < 4.78 is 14.6. The summed E-state index contributed by atoms with van der Waals surface area (Å²) in [4.78, 5) is 5.82. The average molecular weight is 1150 g/mol. The van der Waals surface area contributed by atoms with Gasteiger partial charge in [-0.05, 0) is 140 Å². The monoisotopic (exact) mass is 1150 g/mol. The number of hydrogen-bond donors (Lipinski definition) is 0. The number of hydrogen-bond acceptors (Lipinski definition) is 1. The van der Waals surface area contributed by atoms with E-state index in [1.54, 1.807) is 0 Å². The Labute approximate surface area is 515 Å². The topological polar surface area (TPSA) is 42.5 Å². The van der Waals surface area contributed by atoms with Crippen molar-refractivity contribution in [2.24, 2.45) is 0 Å². The largest absolute Gasteiger partial charge is 0.309 e. The highest BCUT2D eigenvalue weighted by Crippen LogP contribution is 2.47. The maximum absolute atomic E-state index is 5.82. The number of benzene rings is 13. The molecule has 0 spiro atoms. The van der Waals surface area contributed by atoms with Crippen LogP contribution in [0.25, 0.3) is 176 Å². The van der Waals surface area contributed by atoms with Crippen LogP contribution < -0.4 is 0 Å². The first kappa shape index (κ1) is 49.0. The van der Waals surface area contributed by atoms with Crippen molar-refractivity contribution in [1.29, 1.82) is 0 Å². The molecule has 90 heavy (non-hydrogen) atoms. The van der Waals surface area contributed by atoms with Gasteiger partial charge in [0.2, 0.25) is 0 Å². The van der Waals surface area contributed by atoms with E-state index in [-0.39, 0.29) is 0 Å². The summed E-state index contributed by atoms with van der Waals surface area (Å²) in [6.45, 7) is 0. The van der Waals surface area contributed by atoms with Gasteiger partial charge in [0.1, 0.15) is 5.82 Å². The van der Waals surface area contributed by atoms with E-state index < -0.39 is 0 Å². The molecule has 0 aliphatic carbocycles.